The highest BCUT2D eigenvalue weighted by Gasteiger charge is 2.18. The number of nitrogens with zero attached hydrogens (tertiary/aromatic N) is 1. The summed E-state index contributed by atoms with van der Waals surface area (Å²) < 4.78 is 18.9. The molecule has 0 aliphatic heterocycles. The van der Waals surface area contributed by atoms with E-state index in [2.05, 4.69) is 5.32 Å². The lowest BCUT2D eigenvalue weighted by molar-refractivity contribution is -0.385. The molecule has 0 fully saturated rings. The summed E-state index contributed by atoms with van der Waals surface area (Å²) in [5, 5.41) is 13.8. The van der Waals surface area contributed by atoms with E-state index in [1.54, 1.807) is 36.4 Å². The number of carbonyl (C=O) groups is 1. The van der Waals surface area contributed by atoms with Gasteiger partial charge in [0.1, 0.15) is 18.2 Å². The number of rotatable bonds is 6. The van der Waals surface area contributed by atoms with Gasteiger partial charge in [0.25, 0.3) is 11.6 Å². The van der Waals surface area contributed by atoms with Gasteiger partial charge < -0.3 is 10.1 Å². The van der Waals surface area contributed by atoms with Crippen molar-refractivity contribution in [1.29, 1.82) is 0 Å². The standard InChI is InChI=1S/C21H17FN2O4/c1-14-19(9-4-10-20(14)24(26)27)21(25)23-17-7-3-8-18(12-17)28-13-15-5-2-6-16(22)11-15/h2-12H,13H2,1H3,(H,23,25). The van der Waals surface area contributed by atoms with Crippen LogP contribution in [0.3, 0.4) is 0 Å². The summed E-state index contributed by atoms with van der Waals surface area (Å²) in [5.74, 6) is -0.296. The van der Waals surface area contributed by atoms with E-state index in [0.717, 1.165) is 0 Å². The molecule has 6 nitrogen and oxygen atoms in total. The smallest absolute Gasteiger partial charge is 0.273 e. The van der Waals surface area contributed by atoms with Gasteiger partial charge in [-0.1, -0.05) is 24.3 Å². The van der Waals surface area contributed by atoms with Crippen LogP contribution < -0.4 is 10.1 Å². The topological polar surface area (TPSA) is 81.5 Å². The average Bonchev–Trinajstić information content (AvgIpc) is 2.66. The molecule has 0 saturated carbocycles. The van der Waals surface area contributed by atoms with Gasteiger partial charge in [0.05, 0.1) is 4.92 Å². The molecule has 7 heteroatoms. The number of ether oxygens (including phenoxy) is 1. The van der Waals surface area contributed by atoms with Crippen LogP contribution in [0.2, 0.25) is 0 Å². The SMILES string of the molecule is Cc1c(C(=O)Nc2cccc(OCc3cccc(F)c3)c2)cccc1[N+](=O)[O-]. The number of benzene rings is 3. The highest BCUT2D eigenvalue weighted by atomic mass is 19.1. The first-order valence-corrected chi connectivity index (χ1v) is 8.46. The zero-order valence-electron chi connectivity index (χ0n) is 15.0. The van der Waals surface area contributed by atoms with Crippen LogP contribution in [0.15, 0.2) is 66.7 Å². The molecule has 3 aromatic rings. The van der Waals surface area contributed by atoms with E-state index >= 15 is 0 Å². The summed E-state index contributed by atoms with van der Waals surface area (Å²) in [7, 11) is 0. The van der Waals surface area contributed by atoms with E-state index in [4.69, 9.17) is 4.74 Å². The Balaban J connectivity index is 1.71. The van der Waals surface area contributed by atoms with Crippen LogP contribution in [0.1, 0.15) is 21.5 Å². The Kier molecular flexibility index (Phi) is 5.64. The number of carbonyl (C=O) groups excluding carboxylic acids is 1. The molecule has 0 spiro atoms. The molecule has 3 aromatic carbocycles. The molecule has 0 saturated heterocycles. The van der Waals surface area contributed by atoms with Gasteiger partial charge in [0.2, 0.25) is 0 Å². The minimum Gasteiger partial charge on any atom is -0.489 e. The van der Waals surface area contributed by atoms with Crippen LogP contribution in [-0.4, -0.2) is 10.8 Å². The zero-order valence-corrected chi connectivity index (χ0v) is 15.0. The minimum atomic E-state index is -0.521. The molecule has 1 amide bonds. The van der Waals surface area contributed by atoms with Gasteiger partial charge in [-0.3, -0.25) is 14.9 Å². The van der Waals surface area contributed by atoms with Gasteiger partial charge in [-0.2, -0.15) is 0 Å². The van der Waals surface area contributed by atoms with E-state index < -0.39 is 10.8 Å². The lowest BCUT2D eigenvalue weighted by Crippen LogP contribution is -2.14. The predicted octanol–water partition coefficient (Wildman–Crippen LogP) is 4.87. The molecule has 0 atom stereocenters. The van der Waals surface area contributed by atoms with E-state index in [9.17, 15) is 19.3 Å². The van der Waals surface area contributed by atoms with E-state index in [-0.39, 0.29) is 23.7 Å². The van der Waals surface area contributed by atoms with E-state index in [1.807, 2.05) is 0 Å². The molecule has 1 N–H and O–H groups in total. The molecule has 0 unspecified atom stereocenters. The Hall–Kier alpha value is -3.74. The molecule has 0 radical (unpaired) electrons. The lowest BCUT2D eigenvalue weighted by Gasteiger charge is -2.10. The lowest BCUT2D eigenvalue weighted by atomic mass is 10.1. The Morgan fingerprint density at radius 3 is 2.61 bits per heavy atom. The third-order valence-corrected chi connectivity index (χ3v) is 4.13. The number of amides is 1. The van der Waals surface area contributed by atoms with E-state index in [1.165, 1.54) is 37.3 Å². The fourth-order valence-corrected chi connectivity index (χ4v) is 2.72. The number of anilines is 1. The number of halogens is 1. The van der Waals surface area contributed by atoms with Crippen molar-refractivity contribution >= 4 is 17.3 Å². The maximum atomic E-state index is 13.2. The molecule has 0 aromatic heterocycles. The molecule has 3 rings (SSSR count). The molecular formula is C21H17FN2O4. The Labute approximate surface area is 160 Å². The monoisotopic (exact) mass is 380 g/mol. The van der Waals surface area contributed by atoms with Crippen molar-refractivity contribution in [3.05, 3.63) is 99.4 Å². The number of hydrogen-bond donors (Lipinski definition) is 1. The van der Waals surface area contributed by atoms with Crippen LogP contribution in [0.25, 0.3) is 0 Å². The van der Waals surface area contributed by atoms with Crippen LogP contribution in [0.5, 0.6) is 5.75 Å². The maximum absolute atomic E-state index is 13.2. The van der Waals surface area contributed by atoms with Gasteiger partial charge in [-0.05, 0) is 42.8 Å². The van der Waals surface area contributed by atoms with Crippen molar-refractivity contribution in [1.82, 2.24) is 0 Å². The van der Waals surface area contributed by atoms with Crippen molar-refractivity contribution in [2.45, 2.75) is 13.5 Å². The second-order valence-electron chi connectivity index (χ2n) is 6.11. The average molecular weight is 380 g/mol. The number of hydrogen-bond acceptors (Lipinski definition) is 4. The Morgan fingerprint density at radius 2 is 1.86 bits per heavy atom. The Bertz CT molecular complexity index is 1040. The fourth-order valence-electron chi connectivity index (χ4n) is 2.72. The number of nitrogens with one attached hydrogen (secondary N) is 1. The fraction of sp³-hybridized carbons (Fsp3) is 0.0952. The van der Waals surface area contributed by atoms with Crippen LogP contribution >= 0.6 is 0 Å². The third-order valence-electron chi connectivity index (χ3n) is 4.13. The zero-order chi connectivity index (χ0) is 20.1. The third kappa shape index (κ3) is 4.50. The first kappa shape index (κ1) is 19.0. The molecule has 28 heavy (non-hydrogen) atoms. The first-order valence-electron chi connectivity index (χ1n) is 8.46. The van der Waals surface area contributed by atoms with E-state index in [0.29, 0.717) is 22.6 Å². The van der Waals surface area contributed by atoms with Gasteiger partial charge in [0.15, 0.2) is 0 Å². The second kappa shape index (κ2) is 8.30. The summed E-state index contributed by atoms with van der Waals surface area (Å²) in [4.78, 5) is 23.0. The number of nitro benzene ring substituents is 1. The number of nitro groups is 1. The van der Waals surface area contributed by atoms with Crippen molar-refractivity contribution in [2.24, 2.45) is 0 Å². The molecular weight excluding hydrogens is 363 g/mol. The van der Waals surface area contributed by atoms with Crippen molar-refractivity contribution in [2.75, 3.05) is 5.32 Å². The molecule has 0 aliphatic rings. The maximum Gasteiger partial charge on any atom is 0.273 e. The Morgan fingerprint density at radius 1 is 1.11 bits per heavy atom. The quantitative estimate of drug-likeness (QED) is 0.488. The normalized spacial score (nSPS) is 10.4. The van der Waals surface area contributed by atoms with Gasteiger partial charge in [0, 0.05) is 28.9 Å². The highest BCUT2D eigenvalue weighted by molar-refractivity contribution is 6.05. The van der Waals surface area contributed by atoms with Crippen molar-refractivity contribution < 1.29 is 18.8 Å². The summed E-state index contributed by atoms with van der Waals surface area (Å²) in [5.41, 5.74) is 1.57. The summed E-state index contributed by atoms with van der Waals surface area (Å²) in [6, 6.07) is 17.2. The van der Waals surface area contributed by atoms with Gasteiger partial charge in [-0.15, -0.1) is 0 Å². The van der Waals surface area contributed by atoms with Crippen LogP contribution in [0, 0.1) is 22.9 Å². The summed E-state index contributed by atoms with van der Waals surface area (Å²) in [6.45, 7) is 1.71. The van der Waals surface area contributed by atoms with Gasteiger partial charge in [-0.25, -0.2) is 4.39 Å². The van der Waals surface area contributed by atoms with Crippen LogP contribution in [-0.2, 0) is 6.61 Å². The summed E-state index contributed by atoms with van der Waals surface area (Å²) in [6.07, 6.45) is 0. The second-order valence-corrected chi connectivity index (χ2v) is 6.11. The molecule has 0 aliphatic carbocycles. The summed E-state index contributed by atoms with van der Waals surface area (Å²) >= 11 is 0. The van der Waals surface area contributed by atoms with Crippen molar-refractivity contribution in [3.8, 4) is 5.75 Å². The van der Waals surface area contributed by atoms with Crippen LogP contribution in [0.4, 0.5) is 15.8 Å². The predicted molar refractivity (Wildman–Crippen MR) is 103 cm³/mol. The molecule has 142 valence electrons. The largest absolute Gasteiger partial charge is 0.489 e. The molecule has 0 heterocycles. The van der Waals surface area contributed by atoms with Gasteiger partial charge >= 0.3 is 0 Å². The molecule has 0 bridgehead atoms. The van der Waals surface area contributed by atoms with Crippen molar-refractivity contribution in [3.63, 3.8) is 0 Å². The highest BCUT2D eigenvalue weighted by Crippen LogP contribution is 2.23. The minimum absolute atomic E-state index is 0.111. The first-order chi connectivity index (χ1) is 13.4.